The van der Waals surface area contributed by atoms with Crippen molar-refractivity contribution in [3.05, 3.63) is 83.9 Å². The fourth-order valence-electron chi connectivity index (χ4n) is 1.96. The van der Waals surface area contributed by atoms with Crippen LogP contribution in [0.25, 0.3) is 0 Å². The van der Waals surface area contributed by atoms with Crippen LogP contribution in [-0.2, 0) is 27.2 Å². The second-order valence-corrected chi connectivity index (χ2v) is 5.14. The topological polar surface area (TPSA) is 63.6 Å². The molecular weight excluding hydrogens is 304 g/mol. The molecule has 1 N–H and O–H groups in total. The summed E-state index contributed by atoms with van der Waals surface area (Å²) in [6.07, 6.45) is 1.59. The number of benzene rings is 2. The van der Waals surface area contributed by atoms with Gasteiger partial charge in [0.2, 0.25) is 0 Å². The zero-order valence-electron chi connectivity index (χ0n) is 13.8. The Morgan fingerprint density at radius 3 is 1.92 bits per heavy atom. The maximum atomic E-state index is 11.0. The summed E-state index contributed by atoms with van der Waals surface area (Å²) in [5.74, 6) is -1.10. The van der Waals surface area contributed by atoms with E-state index in [0.29, 0.717) is 12.0 Å². The summed E-state index contributed by atoms with van der Waals surface area (Å²) in [6, 6.07) is 19.1. The second kappa shape index (κ2) is 10.8. The number of carboxylic acids is 1. The number of carbonyl (C=O) groups is 2. The molecule has 0 fully saturated rings. The van der Waals surface area contributed by atoms with E-state index in [1.165, 1.54) is 12.7 Å². The molecule has 0 heterocycles. The highest BCUT2D eigenvalue weighted by Crippen LogP contribution is 2.08. The first-order valence-electron chi connectivity index (χ1n) is 7.58. The molecule has 0 aliphatic heterocycles. The predicted molar refractivity (Wildman–Crippen MR) is 93.7 cm³/mol. The minimum Gasteiger partial charge on any atom is -0.481 e. The van der Waals surface area contributed by atoms with Gasteiger partial charge in [-0.3, -0.25) is 4.79 Å². The van der Waals surface area contributed by atoms with Gasteiger partial charge in [0, 0.05) is 5.57 Å². The van der Waals surface area contributed by atoms with Gasteiger partial charge in [-0.1, -0.05) is 67.2 Å². The first kappa shape index (κ1) is 19.2. The van der Waals surface area contributed by atoms with Gasteiger partial charge in [-0.05, 0) is 24.0 Å². The molecule has 126 valence electrons. The minimum atomic E-state index is -0.786. The Balaban J connectivity index is 0.000000254. The fraction of sp³-hybridized carbons (Fsp3) is 0.200. The van der Waals surface area contributed by atoms with Gasteiger partial charge < -0.3 is 9.84 Å². The van der Waals surface area contributed by atoms with Gasteiger partial charge in [0.15, 0.2) is 0 Å². The summed E-state index contributed by atoms with van der Waals surface area (Å²) in [5.41, 5.74) is 2.57. The number of aliphatic carboxylic acids is 1. The highest BCUT2D eigenvalue weighted by molar-refractivity contribution is 5.87. The Morgan fingerprint density at radius 1 is 0.958 bits per heavy atom. The van der Waals surface area contributed by atoms with E-state index in [9.17, 15) is 9.59 Å². The van der Waals surface area contributed by atoms with E-state index in [1.54, 1.807) is 12.1 Å². The molecule has 0 saturated carbocycles. The van der Waals surface area contributed by atoms with Crippen LogP contribution in [0.4, 0.5) is 0 Å². The Kier molecular flexibility index (Phi) is 8.61. The van der Waals surface area contributed by atoms with Gasteiger partial charge in [0.1, 0.15) is 0 Å². The minimum absolute atomic E-state index is 0.112. The zero-order chi connectivity index (χ0) is 17.8. The average molecular weight is 326 g/mol. The lowest BCUT2D eigenvalue weighted by molar-refractivity contribution is -0.137. The Hall–Kier alpha value is -2.88. The molecule has 0 aliphatic carbocycles. The summed E-state index contributed by atoms with van der Waals surface area (Å²) in [7, 11) is 1.37. The highest BCUT2D eigenvalue weighted by atomic mass is 16.5. The van der Waals surface area contributed by atoms with Crippen molar-refractivity contribution in [2.24, 2.45) is 0 Å². The normalized spacial score (nSPS) is 9.38. The molecule has 0 atom stereocenters. The van der Waals surface area contributed by atoms with Gasteiger partial charge in [0.25, 0.3) is 0 Å². The molecular formula is C20H22O4. The van der Waals surface area contributed by atoms with E-state index in [-0.39, 0.29) is 12.4 Å². The van der Waals surface area contributed by atoms with E-state index in [4.69, 9.17) is 5.11 Å². The molecule has 0 saturated heterocycles. The molecule has 4 nitrogen and oxygen atoms in total. The SMILES string of the molecule is C=C(CCc1ccccc1)C(=O)OC.O=C(O)Cc1ccccc1. The molecule has 0 aromatic heterocycles. The van der Waals surface area contributed by atoms with Crippen LogP contribution >= 0.6 is 0 Å². The van der Waals surface area contributed by atoms with Crippen LogP contribution < -0.4 is 0 Å². The van der Waals surface area contributed by atoms with Gasteiger partial charge in [0.05, 0.1) is 13.5 Å². The van der Waals surface area contributed by atoms with Gasteiger partial charge >= 0.3 is 11.9 Å². The number of carboxylic acid groups (broad SMARTS) is 1. The third-order valence-corrected chi connectivity index (χ3v) is 3.23. The third kappa shape index (κ3) is 7.94. The molecule has 2 aromatic rings. The molecule has 0 amide bonds. The van der Waals surface area contributed by atoms with Crippen LogP contribution in [-0.4, -0.2) is 24.2 Å². The molecule has 2 aromatic carbocycles. The van der Waals surface area contributed by atoms with Crippen LogP contribution in [0.15, 0.2) is 72.8 Å². The molecule has 2 rings (SSSR count). The van der Waals surface area contributed by atoms with Crippen molar-refractivity contribution in [2.75, 3.05) is 7.11 Å². The number of rotatable bonds is 6. The molecule has 0 spiro atoms. The first-order valence-corrected chi connectivity index (χ1v) is 7.58. The fourth-order valence-corrected chi connectivity index (χ4v) is 1.96. The first-order chi connectivity index (χ1) is 11.5. The Morgan fingerprint density at radius 2 is 1.46 bits per heavy atom. The monoisotopic (exact) mass is 326 g/mol. The van der Waals surface area contributed by atoms with Crippen molar-refractivity contribution < 1.29 is 19.4 Å². The lowest BCUT2D eigenvalue weighted by Gasteiger charge is -2.03. The van der Waals surface area contributed by atoms with Crippen molar-refractivity contribution in [1.82, 2.24) is 0 Å². The molecule has 4 heteroatoms. The van der Waals surface area contributed by atoms with Gasteiger partial charge in [-0.15, -0.1) is 0 Å². The largest absolute Gasteiger partial charge is 0.481 e. The summed E-state index contributed by atoms with van der Waals surface area (Å²) < 4.78 is 4.56. The smallest absolute Gasteiger partial charge is 0.333 e. The summed E-state index contributed by atoms with van der Waals surface area (Å²) >= 11 is 0. The molecule has 0 radical (unpaired) electrons. The van der Waals surface area contributed by atoms with Crippen molar-refractivity contribution in [3.8, 4) is 0 Å². The Labute approximate surface area is 142 Å². The van der Waals surface area contributed by atoms with Crippen LogP contribution in [0.3, 0.4) is 0 Å². The zero-order valence-corrected chi connectivity index (χ0v) is 13.8. The number of aryl methyl sites for hydroxylation is 1. The van der Waals surface area contributed by atoms with Crippen molar-refractivity contribution >= 4 is 11.9 Å². The van der Waals surface area contributed by atoms with E-state index >= 15 is 0 Å². The standard InChI is InChI=1S/C12H14O2.C8H8O2/c1-10(12(13)14-2)8-9-11-6-4-3-5-7-11;9-8(10)6-7-4-2-1-3-5-7/h3-7H,1,8-9H2,2H3;1-5H,6H2,(H,9,10). The molecule has 0 bridgehead atoms. The number of ether oxygens (including phenoxy) is 1. The highest BCUT2D eigenvalue weighted by Gasteiger charge is 2.05. The van der Waals surface area contributed by atoms with Crippen LogP contribution in [0.5, 0.6) is 0 Å². The number of hydrogen-bond acceptors (Lipinski definition) is 3. The predicted octanol–water partition coefficient (Wildman–Crippen LogP) is 3.66. The number of esters is 1. The van der Waals surface area contributed by atoms with E-state index in [0.717, 1.165) is 12.0 Å². The number of methoxy groups -OCH3 is 1. The Bertz CT molecular complexity index is 648. The van der Waals surface area contributed by atoms with E-state index < -0.39 is 5.97 Å². The molecule has 24 heavy (non-hydrogen) atoms. The lowest BCUT2D eigenvalue weighted by atomic mass is 10.1. The van der Waals surface area contributed by atoms with Crippen molar-refractivity contribution in [2.45, 2.75) is 19.3 Å². The van der Waals surface area contributed by atoms with Crippen molar-refractivity contribution in [3.63, 3.8) is 0 Å². The average Bonchev–Trinajstić information content (AvgIpc) is 2.60. The van der Waals surface area contributed by atoms with Gasteiger partial charge in [-0.25, -0.2) is 4.79 Å². The second-order valence-electron chi connectivity index (χ2n) is 5.14. The van der Waals surface area contributed by atoms with E-state index in [1.807, 2.05) is 48.5 Å². The molecule has 0 unspecified atom stereocenters. The maximum Gasteiger partial charge on any atom is 0.333 e. The summed E-state index contributed by atoms with van der Waals surface area (Å²) in [4.78, 5) is 21.2. The van der Waals surface area contributed by atoms with Gasteiger partial charge in [-0.2, -0.15) is 0 Å². The van der Waals surface area contributed by atoms with Crippen LogP contribution in [0, 0.1) is 0 Å². The quantitative estimate of drug-likeness (QED) is 0.650. The number of carbonyl (C=O) groups excluding carboxylic acids is 1. The number of hydrogen-bond donors (Lipinski definition) is 1. The summed E-state index contributed by atoms with van der Waals surface area (Å²) in [6.45, 7) is 3.67. The van der Waals surface area contributed by atoms with E-state index in [2.05, 4.69) is 11.3 Å². The van der Waals surface area contributed by atoms with Crippen LogP contribution in [0.2, 0.25) is 0 Å². The van der Waals surface area contributed by atoms with Crippen molar-refractivity contribution in [1.29, 1.82) is 0 Å². The third-order valence-electron chi connectivity index (χ3n) is 3.23. The maximum absolute atomic E-state index is 11.0. The van der Waals surface area contributed by atoms with Crippen LogP contribution in [0.1, 0.15) is 17.5 Å². The summed E-state index contributed by atoms with van der Waals surface area (Å²) in [5, 5.41) is 8.37. The lowest BCUT2D eigenvalue weighted by Crippen LogP contribution is -2.04. The molecule has 0 aliphatic rings.